The van der Waals surface area contributed by atoms with Crippen LogP contribution in [-0.4, -0.2) is 18.0 Å². The number of amides is 1. The van der Waals surface area contributed by atoms with Crippen LogP contribution in [0.25, 0.3) is 11.1 Å². The van der Waals surface area contributed by atoms with Crippen LogP contribution in [-0.2, 0) is 9.53 Å². The van der Waals surface area contributed by atoms with Crippen molar-refractivity contribution in [3.63, 3.8) is 0 Å². The Balaban J connectivity index is 1.73. The molecule has 28 heavy (non-hydrogen) atoms. The van der Waals surface area contributed by atoms with Gasteiger partial charge in [0.05, 0.1) is 5.56 Å². The van der Waals surface area contributed by atoms with Gasteiger partial charge >= 0.3 is 5.97 Å². The maximum Gasteiger partial charge on any atom is 0.339 e. The number of rotatable bonds is 5. The molecule has 0 heterocycles. The molecular weight excluding hydrogens is 350 g/mol. The highest BCUT2D eigenvalue weighted by atomic mass is 16.5. The lowest BCUT2D eigenvalue weighted by Crippen LogP contribution is -2.30. The van der Waals surface area contributed by atoms with Gasteiger partial charge in [0.2, 0.25) is 0 Å². The molecule has 0 aliphatic carbocycles. The summed E-state index contributed by atoms with van der Waals surface area (Å²) in [6, 6.07) is 22.9. The molecule has 0 spiro atoms. The van der Waals surface area contributed by atoms with Gasteiger partial charge < -0.3 is 10.1 Å². The van der Waals surface area contributed by atoms with Crippen LogP contribution in [0.15, 0.2) is 72.8 Å². The summed E-state index contributed by atoms with van der Waals surface area (Å²) in [5, 5.41) is 2.88. The third-order valence-corrected chi connectivity index (χ3v) is 4.54. The topological polar surface area (TPSA) is 55.4 Å². The molecule has 0 saturated carbocycles. The molecule has 0 aliphatic rings. The van der Waals surface area contributed by atoms with Gasteiger partial charge in [0.15, 0.2) is 6.10 Å². The highest BCUT2D eigenvalue weighted by Crippen LogP contribution is 2.27. The summed E-state index contributed by atoms with van der Waals surface area (Å²) in [6.07, 6.45) is -0.920. The van der Waals surface area contributed by atoms with E-state index < -0.39 is 12.1 Å². The number of anilines is 1. The van der Waals surface area contributed by atoms with E-state index in [1.165, 1.54) is 0 Å². The summed E-state index contributed by atoms with van der Waals surface area (Å²) < 4.78 is 5.40. The van der Waals surface area contributed by atoms with Crippen LogP contribution in [0, 0.1) is 13.8 Å². The first kappa shape index (κ1) is 19.4. The molecule has 3 rings (SSSR count). The number of hydrogen-bond donors (Lipinski definition) is 1. The Labute approximate surface area is 165 Å². The summed E-state index contributed by atoms with van der Waals surface area (Å²) in [4.78, 5) is 25.1. The zero-order chi connectivity index (χ0) is 20.1. The van der Waals surface area contributed by atoms with Gasteiger partial charge in [-0.3, -0.25) is 4.79 Å². The molecule has 3 aromatic rings. The van der Waals surface area contributed by atoms with E-state index in [9.17, 15) is 9.59 Å². The Kier molecular flexibility index (Phi) is 5.90. The smallest absolute Gasteiger partial charge is 0.339 e. The van der Waals surface area contributed by atoms with Crippen molar-refractivity contribution in [3.05, 3.63) is 89.5 Å². The standard InChI is InChI=1S/C24H23NO3/c1-16-13-14-17(2)21(15-16)24(27)28-18(3)23(26)25-22-12-8-7-11-20(22)19-9-5-4-6-10-19/h4-15,18H,1-3H3,(H,25,26)/t18-/m0/s1. The number of ether oxygens (including phenoxy) is 1. The highest BCUT2D eigenvalue weighted by molar-refractivity contribution is 6.00. The predicted octanol–water partition coefficient (Wildman–Crippen LogP) is 5.15. The molecule has 0 aromatic heterocycles. The van der Waals surface area contributed by atoms with Gasteiger partial charge in [-0.25, -0.2) is 4.79 Å². The van der Waals surface area contributed by atoms with Crippen LogP contribution in [0.4, 0.5) is 5.69 Å². The largest absolute Gasteiger partial charge is 0.449 e. The van der Waals surface area contributed by atoms with E-state index in [1.807, 2.05) is 80.6 Å². The average Bonchev–Trinajstić information content (AvgIpc) is 2.70. The lowest BCUT2D eigenvalue weighted by atomic mass is 10.0. The maximum atomic E-state index is 12.6. The Morgan fingerprint density at radius 2 is 1.57 bits per heavy atom. The molecule has 0 radical (unpaired) electrons. The summed E-state index contributed by atoms with van der Waals surface area (Å²) in [6.45, 7) is 5.33. The molecular formula is C24H23NO3. The van der Waals surface area contributed by atoms with E-state index in [4.69, 9.17) is 4.74 Å². The van der Waals surface area contributed by atoms with Crippen molar-refractivity contribution in [3.8, 4) is 11.1 Å². The van der Waals surface area contributed by atoms with E-state index in [0.717, 1.165) is 22.3 Å². The number of aryl methyl sites for hydroxylation is 2. The molecule has 1 atom stereocenters. The normalized spacial score (nSPS) is 11.5. The van der Waals surface area contributed by atoms with Crippen LogP contribution in [0.5, 0.6) is 0 Å². The fourth-order valence-electron chi connectivity index (χ4n) is 2.93. The second kappa shape index (κ2) is 8.53. The minimum atomic E-state index is -0.920. The van der Waals surface area contributed by atoms with E-state index in [0.29, 0.717) is 11.3 Å². The van der Waals surface area contributed by atoms with Gasteiger partial charge in [0.1, 0.15) is 0 Å². The van der Waals surface area contributed by atoms with Crippen molar-refractivity contribution in [2.45, 2.75) is 26.9 Å². The van der Waals surface area contributed by atoms with Gasteiger partial charge in [-0.1, -0.05) is 66.2 Å². The predicted molar refractivity (Wildman–Crippen MR) is 111 cm³/mol. The summed E-state index contributed by atoms with van der Waals surface area (Å²) in [5.74, 6) is -0.873. The van der Waals surface area contributed by atoms with Crippen LogP contribution in [0.1, 0.15) is 28.4 Å². The van der Waals surface area contributed by atoms with Gasteiger partial charge in [0, 0.05) is 11.3 Å². The Morgan fingerprint density at radius 3 is 2.32 bits per heavy atom. The number of benzene rings is 3. The SMILES string of the molecule is Cc1ccc(C)c(C(=O)O[C@@H](C)C(=O)Nc2ccccc2-c2ccccc2)c1. The fourth-order valence-corrected chi connectivity index (χ4v) is 2.93. The summed E-state index contributed by atoms with van der Waals surface area (Å²) >= 11 is 0. The molecule has 0 fully saturated rings. The molecule has 0 aliphatic heterocycles. The van der Waals surface area contributed by atoms with Crippen LogP contribution < -0.4 is 5.32 Å². The Bertz CT molecular complexity index is 996. The molecule has 4 heteroatoms. The number of carbonyl (C=O) groups excluding carboxylic acids is 2. The van der Waals surface area contributed by atoms with E-state index in [1.54, 1.807) is 13.0 Å². The Hall–Kier alpha value is -3.40. The molecule has 1 N–H and O–H groups in total. The van der Waals surface area contributed by atoms with E-state index in [-0.39, 0.29) is 5.91 Å². The second-order valence-electron chi connectivity index (χ2n) is 6.77. The Morgan fingerprint density at radius 1 is 0.893 bits per heavy atom. The van der Waals surface area contributed by atoms with E-state index >= 15 is 0 Å². The number of hydrogen-bond acceptors (Lipinski definition) is 3. The lowest BCUT2D eigenvalue weighted by molar-refractivity contribution is -0.123. The van der Waals surface area contributed by atoms with Crippen molar-refractivity contribution >= 4 is 17.6 Å². The fraction of sp³-hybridized carbons (Fsp3) is 0.167. The first-order valence-corrected chi connectivity index (χ1v) is 9.19. The van der Waals surface area contributed by atoms with Crippen molar-refractivity contribution in [1.29, 1.82) is 0 Å². The van der Waals surface area contributed by atoms with Crippen LogP contribution >= 0.6 is 0 Å². The third-order valence-electron chi connectivity index (χ3n) is 4.54. The molecule has 1 amide bonds. The second-order valence-corrected chi connectivity index (χ2v) is 6.77. The van der Waals surface area contributed by atoms with Gasteiger partial charge in [0.25, 0.3) is 5.91 Å². The van der Waals surface area contributed by atoms with Crippen LogP contribution in [0.3, 0.4) is 0 Å². The minimum absolute atomic E-state index is 0.373. The third kappa shape index (κ3) is 4.46. The molecule has 0 saturated heterocycles. The molecule has 0 unspecified atom stereocenters. The van der Waals surface area contributed by atoms with E-state index in [2.05, 4.69) is 5.32 Å². The van der Waals surface area contributed by atoms with Crippen molar-refractivity contribution in [2.24, 2.45) is 0 Å². The molecule has 4 nitrogen and oxygen atoms in total. The molecule has 0 bridgehead atoms. The van der Waals surface area contributed by atoms with Gasteiger partial charge in [-0.2, -0.15) is 0 Å². The molecule has 3 aromatic carbocycles. The number of para-hydroxylation sites is 1. The maximum absolute atomic E-state index is 12.6. The van der Waals surface area contributed by atoms with Crippen molar-refractivity contribution < 1.29 is 14.3 Å². The zero-order valence-electron chi connectivity index (χ0n) is 16.2. The zero-order valence-corrected chi connectivity index (χ0v) is 16.2. The monoisotopic (exact) mass is 373 g/mol. The first-order chi connectivity index (χ1) is 13.5. The molecule has 142 valence electrons. The van der Waals surface area contributed by atoms with Gasteiger partial charge in [-0.05, 0) is 44.0 Å². The number of carbonyl (C=O) groups is 2. The summed E-state index contributed by atoms with van der Waals surface area (Å²) in [7, 11) is 0. The number of esters is 1. The summed E-state index contributed by atoms with van der Waals surface area (Å²) in [5.41, 5.74) is 4.84. The highest BCUT2D eigenvalue weighted by Gasteiger charge is 2.21. The van der Waals surface area contributed by atoms with Gasteiger partial charge in [-0.15, -0.1) is 0 Å². The quantitative estimate of drug-likeness (QED) is 0.629. The first-order valence-electron chi connectivity index (χ1n) is 9.19. The number of nitrogens with one attached hydrogen (secondary N) is 1. The minimum Gasteiger partial charge on any atom is -0.449 e. The lowest BCUT2D eigenvalue weighted by Gasteiger charge is -2.16. The van der Waals surface area contributed by atoms with Crippen molar-refractivity contribution in [1.82, 2.24) is 0 Å². The average molecular weight is 373 g/mol. The van der Waals surface area contributed by atoms with Crippen molar-refractivity contribution in [2.75, 3.05) is 5.32 Å². The van der Waals surface area contributed by atoms with Crippen LogP contribution in [0.2, 0.25) is 0 Å².